The van der Waals surface area contributed by atoms with Crippen LogP contribution in [0.2, 0.25) is 10.0 Å². The maximum Gasteiger partial charge on any atom is 0.253 e. The van der Waals surface area contributed by atoms with E-state index in [0.717, 1.165) is 57.3 Å². The van der Waals surface area contributed by atoms with Gasteiger partial charge in [0.15, 0.2) is 0 Å². The molecule has 4 rings (SSSR count). The number of rotatable bonds is 10. The van der Waals surface area contributed by atoms with Crippen molar-refractivity contribution in [2.75, 3.05) is 33.2 Å². The minimum atomic E-state index is 0.0184. The topological polar surface area (TPSA) is 43.9 Å². The van der Waals surface area contributed by atoms with Crippen LogP contribution in [0, 0.1) is 0 Å². The van der Waals surface area contributed by atoms with Gasteiger partial charge in [-0.1, -0.05) is 73.7 Å². The van der Waals surface area contributed by atoms with Crippen LogP contribution in [-0.2, 0) is 4.79 Å². The van der Waals surface area contributed by atoms with Gasteiger partial charge in [0.2, 0.25) is 5.91 Å². The lowest BCUT2D eigenvalue weighted by Crippen LogP contribution is -2.52. The van der Waals surface area contributed by atoms with Gasteiger partial charge in [-0.25, -0.2) is 0 Å². The monoisotopic (exact) mass is 571 g/mol. The summed E-state index contributed by atoms with van der Waals surface area (Å²) >= 11 is 12.6. The van der Waals surface area contributed by atoms with E-state index in [1.807, 2.05) is 67.4 Å². The highest BCUT2D eigenvalue weighted by molar-refractivity contribution is 6.42. The quantitative estimate of drug-likeness (QED) is 0.301. The Bertz CT molecular complexity index is 1080. The molecule has 1 saturated carbocycles. The van der Waals surface area contributed by atoms with E-state index in [1.165, 1.54) is 19.3 Å². The van der Waals surface area contributed by atoms with Gasteiger partial charge >= 0.3 is 0 Å². The van der Waals surface area contributed by atoms with Crippen molar-refractivity contribution in [3.63, 3.8) is 0 Å². The molecular formula is C32H43Cl2N3O2. The molecule has 0 aromatic heterocycles. The smallest absolute Gasteiger partial charge is 0.253 e. The number of hydrogen-bond acceptors (Lipinski definition) is 3. The Hall–Kier alpha value is -2.08. The van der Waals surface area contributed by atoms with Crippen LogP contribution in [0.1, 0.15) is 86.6 Å². The molecule has 7 heteroatoms. The normalized spacial score (nSPS) is 18.1. The Morgan fingerprint density at radius 3 is 2.23 bits per heavy atom. The minimum absolute atomic E-state index is 0.0184. The highest BCUT2D eigenvalue weighted by atomic mass is 35.5. The Kier molecular flexibility index (Phi) is 11.1. The maximum absolute atomic E-state index is 13.1. The third-order valence-electron chi connectivity index (χ3n) is 8.58. The van der Waals surface area contributed by atoms with Crippen LogP contribution in [0.4, 0.5) is 0 Å². The van der Waals surface area contributed by atoms with Crippen molar-refractivity contribution in [1.82, 2.24) is 14.7 Å². The summed E-state index contributed by atoms with van der Waals surface area (Å²) in [5.74, 6) is 0.478. The summed E-state index contributed by atoms with van der Waals surface area (Å²) in [4.78, 5) is 32.6. The van der Waals surface area contributed by atoms with Crippen LogP contribution in [0.3, 0.4) is 0 Å². The second-order valence-corrected chi connectivity index (χ2v) is 12.0. The molecule has 212 valence electrons. The van der Waals surface area contributed by atoms with Crippen LogP contribution in [0.5, 0.6) is 0 Å². The van der Waals surface area contributed by atoms with Crippen molar-refractivity contribution < 1.29 is 9.59 Å². The van der Waals surface area contributed by atoms with Gasteiger partial charge in [-0.15, -0.1) is 0 Å². The molecule has 2 amide bonds. The summed E-state index contributed by atoms with van der Waals surface area (Å²) in [6, 6.07) is 16.0. The van der Waals surface area contributed by atoms with Crippen LogP contribution < -0.4 is 0 Å². The third kappa shape index (κ3) is 7.99. The standard InChI is InChI=1S/C32H43Cl2N3O2/c1-3-31(38)37(27-12-8-5-9-13-27)28-17-20-36(21-18-28)19-16-26(25-14-15-29(33)30(34)22-25)23-35(2)32(39)24-10-6-4-7-11-24/h4,6-7,10-11,14-15,22,26-28H,3,5,8-9,12-13,16-21,23H2,1-2H3. The van der Waals surface area contributed by atoms with Gasteiger partial charge < -0.3 is 14.7 Å². The molecular weight excluding hydrogens is 529 g/mol. The molecule has 2 aromatic rings. The maximum atomic E-state index is 13.1. The first kappa shape index (κ1) is 29.9. The number of likely N-dealkylation sites (tertiary alicyclic amines) is 1. The number of carbonyl (C=O) groups excluding carboxylic acids is 2. The molecule has 1 unspecified atom stereocenters. The average Bonchev–Trinajstić information content (AvgIpc) is 2.98. The first-order valence-electron chi connectivity index (χ1n) is 14.7. The number of hydrogen-bond donors (Lipinski definition) is 0. The van der Waals surface area contributed by atoms with Crippen LogP contribution in [0.25, 0.3) is 0 Å². The number of benzene rings is 2. The fourth-order valence-corrected chi connectivity index (χ4v) is 6.66. The second-order valence-electron chi connectivity index (χ2n) is 11.2. The Balaban J connectivity index is 1.38. The summed E-state index contributed by atoms with van der Waals surface area (Å²) in [7, 11) is 1.87. The molecule has 1 aliphatic carbocycles. The molecule has 1 atom stereocenters. The fraction of sp³-hybridized carbons (Fsp3) is 0.562. The first-order chi connectivity index (χ1) is 18.9. The van der Waals surface area contributed by atoms with Gasteiger partial charge in [-0.05, 0) is 68.5 Å². The summed E-state index contributed by atoms with van der Waals surface area (Å²) in [6.45, 7) is 5.53. The van der Waals surface area contributed by atoms with Crippen molar-refractivity contribution in [2.24, 2.45) is 0 Å². The SMILES string of the molecule is CCC(=O)N(C1CCCCC1)C1CCN(CCC(CN(C)C(=O)c2ccccc2)c2ccc(Cl)c(Cl)c2)CC1. The van der Waals surface area contributed by atoms with E-state index in [4.69, 9.17) is 23.2 Å². The third-order valence-corrected chi connectivity index (χ3v) is 9.32. The van der Waals surface area contributed by atoms with Crippen LogP contribution in [0.15, 0.2) is 48.5 Å². The van der Waals surface area contributed by atoms with Gasteiger partial charge in [0, 0.05) is 56.7 Å². The second kappa shape index (κ2) is 14.5. The number of amides is 2. The lowest BCUT2D eigenvalue weighted by molar-refractivity contribution is -0.138. The summed E-state index contributed by atoms with van der Waals surface area (Å²) in [6.07, 6.45) is 9.68. The van der Waals surface area contributed by atoms with Crippen LogP contribution in [-0.4, -0.2) is 71.8 Å². The van der Waals surface area contributed by atoms with Gasteiger partial charge in [-0.2, -0.15) is 0 Å². The van der Waals surface area contributed by atoms with E-state index >= 15 is 0 Å². The molecule has 0 spiro atoms. The molecule has 1 heterocycles. The van der Waals surface area contributed by atoms with E-state index in [0.29, 0.717) is 46.6 Å². The molecule has 1 aliphatic heterocycles. The number of likely N-dealkylation sites (N-methyl/N-ethyl adjacent to an activating group) is 1. The molecule has 39 heavy (non-hydrogen) atoms. The highest BCUT2D eigenvalue weighted by Crippen LogP contribution is 2.31. The summed E-state index contributed by atoms with van der Waals surface area (Å²) in [5, 5.41) is 1.08. The van der Waals surface area contributed by atoms with E-state index < -0.39 is 0 Å². The lowest BCUT2D eigenvalue weighted by atomic mass is 9.90. The van der Waals surface area contributed by atoms with Gasteiger partial charge in [0.1, 0.15) is 0 Å². The highest BCUT2D eigenvalue weighted by Gasteiger charge is 2.33. The van der Waals surface area contributed by atoms with Crippen molar-refractivity contribution >= 4 is 35.0 Å². The number of halogens is 2. The van der Waals surface area contributed by atoms with Crippen molar-refractivity contribution in [2.45, 2.75) is 82.7 Å². The Morgan fingerprint density at radius 2 is 1.59 bits per heavy atom. The van der Waals surface area contributed by atoms with E-state index in [1.54, 1.807) is 0 Å². The summed E-state index contributed by atoms with van der Waals surface area (Å²) in [5.41, 5.74) is 1.79. The van der Waals surface area contributed by atoms with E-state index in [9.17, 15) is 9.59 Å². The molecule has 2 fully saturated rings. The largest absolute Gasteiger partial charge is 0.341 e. The molecule has 2 aromatic carbocycles. The van der Waals surface area contributed by atoms with Crippen molar-refractivity contribution in [3.05, 3.63) is 69.7 Å². The zero-order valence-electron chi connectivity index (χ0n) is 23.5. The van der Waals surface area contributed by atoms with Crippen LogP contribution >= 0.6 is 23.2 Å². The van der Waals surface area contributed by atoms with Gasteiger partial charge in [0.25, 0.3) is 5.91 Å². The molecule has 0 radical (unpaired) electrons. The molecule has 0 bridgehead atoms. The lowest BCUT2D eigenvalue weighted by Gasteiger charge is -2.44. The molecule has 0 N–H and O–H groups in total. The van der Waals surface area contributed by atoms with E-state index in [2.05, 4.69) is 9.80 Å². The number of carbonyl (C=O) groups is 2. The minimum Gasteiger partial charge on any atom is -0.341 e. The zero-order chi connectivity index (χ0) is 27.8. The Morgan fingerprint density at radius 1 is 0.923 bits per heavy atom. The molecule has 5 nitrogen and oxygen atoms in total. The molecule has 1 saturated heterocycles. The first-order valence-corrected chi connectivity index (χ1v) is 15.4. The predicted molar refractivity (Wildman–Crippen MR) is 161 cm³/mol. The number of piperidine rings is 1. The Labute approximate surface area is 244 Å². The van der Waals surface area contributed by atoms with Gasteiger partial charge in [-0.3, -0.25) is 9.59 Å². The zero-order valence-corrected chi connectivity index (χ0v) is 25.0. The van der Waals surface area contributed by atoms with Crippen molar-refractivity contribution in [3.8, 4) is 0 Å². The summed E-state index contributed by atoms with van der Waals surface area (Å²) < 4.78 is 0. The average molecular weight is 573 g/mol. The fourth-order valence-electron chi connectivity index (χ4n) is 6.35. The molecule has 2 aliphatic rings. The van der Waals surface area contributed by atoms with Crippen molar-refractivity contribution in [1.29, 1.82) is 0 Å². The predicted octanol–water partition coefficient (Wildman–Crippen LogP) is 7.28. The number of nitrogens with zero attached hydrogens (tertiary/aromatic N) is 3. The van der Waals surface area contributed by atoms with E-state index in [-0.39, 0.29) is 11.8 Å². The van der Waals surface area contributed by atoms with Gasteiger partial charge in [0.05, 0.1) is 10.0 Å².